The smallest absolute Gasteiger partial charge is 0.0741 e. The molecule has 0 amide bonds. The van der Waals surface area contributed by atoms with Crippen LogP contribution in [0.25, 0.3) is 21.8 Å². The second-order valence-corrected chi connectivity index (χ2v) is 11.0. The highest BCUT2D eigenvalue weighted by Crippen LogP contribution is 2.35. The van der Waals surface area contributed by atoms with E-state index >= 15 is 0 Å². The number of hydrogen-bond acceptors (Lipinski definition) is 4. The Morgan fingerprint density at radius 2 is 1.85 bits per heavy atom. The lowest BCUT2D eigenvalue weighted by molar-refractivity contribution is 0.511. The molecule has 0 saturated carbocycles. The predicted octanol–water partition coefficient (Wildman–Crippen LogP) is 7.61. The Bertz CT molecular complexity index is 1340. The summed E-state index contributed by atoms with van der Waals surface area (Å²) in [5.41, 5.74) is 13.9. The Labute approximate surface area is 249 Å². The van der Waals surface area contributed by atoms with E-state index in [-0.39, 0.29) is 30.9 Å². The fraction of sp³-hybridized carbons (Fsp3) is 0.452. The van der Waals surface area contributed by atoms with E-state index in [1.54, 1.807) is 0 Å². The van der Waals surface area contributed by atoms with Crippen molar-refractivity contribution in [2.75, 3.05) is 18.4 Å². The van der Waals surface area contributed by atoms with Gasteiger partial charge >= 0.3 is 0 Å². The van der Waals surface area contributed by atoms with E-state index in [0.29, 0.717) is 6.04 Å². The average Bonchev–Trinajstić information content (AvgIpc) is 3.31. The largest absolute Gasteiger partial charge is 0.380 e. The highest BCUT2D eigenvalue weighted by atomic mass is 35.5. The summed E-state index contributed by atoms with van der Waals surface area (Å²) in [5.74, 6) is 0. The Morgan fingerprint density at radius 1 is 1.03 bits per heavy atom. The molecule has 0 spiro atoms. The number of fused-ring (bicyclic) bond motifs is 3. The van der Waals surface area contributed by atoms with Crippen molar-refractivity contribution in [2.45, 2.75) is 76.8 Å². The Kier molecular flexibility index (Phi) is 12.2. The van der Waals surface area contributed by atoms with E-state index in [0.717, 1.165) is 49.3 Å². The van der Waals surface area contributed by atoms with Crippen LogP contribution in [0.3, 0.4) is 0 Å². The zero-order chi connectivity index (χ0) is 25.6. The molecule has 2 aromatic heterocycles. The first kappa shape index (κ1) is 31.5. The summed E-state index contributed by atoms with van der Waals surface area (Å²) < 4.78 is 0. The number of para-hydroxylation sites is 1. The first-order valence-electron chi connectivity index (χ1n) is 14.0. The van der Waals surface area contributed by atoms with Gasteiger partial charge in [-0.3, -0.25) is 4.98 Å². The van der Waals surface area contributed by atoms with Gasteiger partial charge in [-0.15, -0.1) is 24.8 Å². The van der Waals surface area contributed by atoms with Gasteiger partial charge in [0.25, 0.3) is 0 Å². The number of aryl methyl sites for hydroxylation is 1. The lowest BCUT2D eigenvalue weighted by Crippen LogP contribution is -2.41. The number of nitrogens with one attached hydrogen (secondary N) is 3. The summed E-state index contributed by atoms with van der Waals surface area (Å²) in [4.78, 5) is 8.37. The number of unbranched alkanes of at least 4 members (excludes halogenated alkanes) is 2. The number of halogens is 3. The van der Waals surface area contributed by atoms with Crippen molar-refractivity contribution in [1.82, 2.24) is 15.3 Å². The second-order valence-electron chi connectivity index (χ2n) is 10.6. The molecule has 0 radical (unpaired) electrons. The highest BCUT2D eigenvalue weighted by Gasteiger charge is 2.21. The van der Waals surface area contributed by atoms with Gasteiger partial charge in [-0.2, -0.15) is 0 Å². The predicted molar refractivity (Wildman–Crippen MR) is 172 cm³/mol. The van der Waals surface area contributed by atoms with Crippen LogP contribution in [0.2, 0.25) is 5.02 Å². The molecule has 5 nitrogen and oxygen atoms in total. The van der Waals surface area contributed by atoms with Gasteiger partial charge < -0.3 is 21.4 Å². The molecule has 0 saturated heterocycles. The third-order valence-electron chi connectivity index (χ3n) is 7.68. The molecule has 0 bridgehead atoms. The van der Waals surface area contributed by atoms with Crippen molar-refractivity contribution in [3.05, 3.63) is 70.5 Å². The quantitative estimate of drug-likeness (QED) is 0.128. The van der Waals surface area contributed by atoms with Gasteiger partial charge in [0.15, 0.2) is 0 Å². The van der Waals surface area contributed by atoms with Gasteiger partial charge in [0.2, 0.25) is 0 Å². The van der Waals surface area contributed by atoms with Gasteiger partial charge in [-0.1, -0.05) is 56.0 Å². The minimum absolute atomic E-state index is 0. The number of nitrogens with zero attached hydrogens (tertiary/aromatic N) is 1. The summed E-state index contributed by atoms with van der Waals surface area (Å²) in [5, 5.41) is 10.9. The Morgan fingerprint density at radius 3 is 2.69 bits per heavy atom. The maximum Gasteiger partial charge on any atom is 0.0741 e. The van der Waals surface area contributed by atoms with Crippen LogP contribution in [0.5, 0.6) is 0 Å². The molecule has 2 unspecified atom stereocenters. The monoisotopic (exact) mass is 589 g/mol. The number of rotatable bonds is 12. The van der Waals surface area contributed by atoms with Crippen LogP contribution in [0, 0.1) is 0 Å². The molecule has 1 aliphatic carbocycles. The summed E-state index contributed by atoms with van der Waals surface area (Å²) >= 11 is 6.34. The van der Waals surface area contributed by atoms with Crippen LogP contribution in [-0.2, 0) is 19.3 Å². The minimum Gasteiger partial charge on any atom is -0.380 e. The van der Waals surface area contributed by atoms with Crippen molar-refractivity contribution in [3.63, 3.8) is 0 Å². The minimum atomic E-state index is 0. The van der Waals surface area contributed by atoms with Crippen molar-refractivity contribution in [3.8, 4) is 0 Å². The van der Waals surface area contributed by atoms with Crippen molar-refractivity contribution >= 4 is 63.9 Å². The van der Waals surface area contributed by atoms with Crippen LogP contribution >= 0.6 is 36.4 Å². The molecule has 2 atom stereocenters. The lowest BCUT2D eigenvalue weighted by Gasteiger charge is -2.27. The molecule has 5 rings (SSSR count). The van der Waals surface area contributed by atoms with Crippen LogP contribution < -0.4 is 16.4 Å². The maximum absolute atomic E-state index is 6.58. The van der Waals surface area contributed by atoms with E-state index in [1.807, 2.05) is 12.1 Å². The van der Waals surface area contributed by atoms with Crippen LogP contribution in [0.1, 0.15) is 62.3 Å². The molecule has 1 aliphatic rings. The summed E-state index contributed by atoms with van der Waals surface area (Å²) in [6.45, 7) is 3.94. The van der Waals surface area contributed by atoms with E-state index in [4.69, 9.17) is 22.3 Å². The normalized spacial score (nSPS) is 14.3. The molecule has 4 aromatic rings. The van der Waals surface area contributed by atoms with E-state index in [1.165, 1.54) is 70.9 Å². The molecule has 39 heavy (non-hydrogen) atoms. The molecular weight excluding hydrogens is 549 g/mol. The van der Waals surface area contributed by atoms with Crippen LogP contribution in [0.4, 0.5) is 5.69 Å². The third kappa shape index (κ3) is 7.80. The number of anilines is 1. The second kappa shape index (κ2) is 15.1. The van der Waals surface area contributed by atoms with Gasteiger partial charge in [-0.25, -0.2) is 0 Å². The lowest BCUT2D eigenvalue weighted by atomic mass is 9.92. The van der Waals surface area contributed by atoms with Gasteiger partial charge in [0.05, 0.1) is 5.52 Å². The van der Waals surface area contributed by atoms with Gasteiger partial charge in [0, 0.05) is 64.1 Å². The molecule has 2 aromatic carbocycles. The number of aromatic amines is 1. The number of aromatic nitrogens is 2. The van der Waals surface area contributed by atoms with Crippen molar-refractivity contribution < 1.29 is 0 Å². The Balaban J connectivity index is 0.00000210. The van der Waals surface area contributed by atoms with Gasteiger partial charge in [-0.05, 0) is 73.9 Å². The summed E-state index contributed by atoms with van der Waals surface area (Å²) in [6.07, 6.45) is 12.4. The molecular formula is C31H42Cl3N5. The molecule has 0 fully saturated rings. The summed E-state index contributed by atoms with van der Waals surface area (Å²) in [7, 11) is 0. The fourth-order valence-electron chi connectivity index (χ4n) is 5.73. The maximum atomic E-state index is 6.58. The van der Waals surface area contributed by atoms with Crippen molar-refractivity contribution in [2.24, 2.45) is 5.73 Å². The van der Waals surface area contributed by atoms with Crippen molar-refractivity contribution in [1.29, 1.82) is 0 Å². The van der Waals surface area contributed by atoms with Gasteiger partial charge in [0.1, 0.15) is 0 Å². The molecule has 2 heterocycles. The standard InChI is InChI=1S/C31H40ClN5.2ClH/c1-2-3-4-9-24(20-34-19-23(33)16-21-18-35-28-12-7-5-10-25(21)28)36-31-26-11-6-8-13-29(26)37-30-17-22(32)14-15-27(30)31;;/h5,7,10,12,14-15,17-18,23-24,34-35H,2-4,6,8-9,11,13,16,19-20,33H2,1H3,(H,36,37);2*1H. The van der Waals surface area contributed by atoms with Crippen LogP contribution in [0.15, 0.2) is 48.7 Å². The number of pyridine rings is 1. The number of benzene rings is 2. The van der Waals surface area contributed by atoms with E-state index in [9.17, 15) is 0 Å². The van der Waals surface area contributed by atoms with Crippen LogP contribution in [-0.4, -0.2) is 35.1 Å². The molecule has 0 aliphatic heterocycles. The average molecular weight is 591 g/mol. The molecule has 212 valence electrons. The fourth-order valence-corrected chi connectivity index (χ4v) is 5.90. The zero-order valence-electron chi connectivity index (χ0n) is 22.8. The third-order valence-corrected chi connectivity index (χ3v) is 7.92. The number of nitrogens with two attached hydrogens (primary N) is 1. The molecule has 8 heteroatoms. The first-order valence-corrected chi connectivity index (χ1v) is 14.4. The Hall–Kier alpha value is -2.02. The number of hydrogen-bond donors (Lipinski definition) is 4. The SMILES string of the molecule is CCCCCC(CNCC(N)Cc1c[nH]c2ccccc12)Nc1c2c(nc3cc(Cl)ccc13)CCCC2.Cl.Cl. The number of H-pyrrole nitrogens is 1. The first-order chi connectivity index (χ1) is 18.1. The topological polar surface area (TPSA) is 78.8 Å². The molecule has 5 N–H and O–H groups in total. The zero-order valence-corrected chi connectivity index (χ0v) is 25.2. The highest BCUT2D eigenvalue weighted by molar-refractivity contribution is 6.31. The summed E-state index contributed by atoms with van der Waals surface area (Å²) in [6, 6.07) is 15.0. The van der Waals surface area contributed by atoms with E-state index in [2.05, 4.69) is 59.1 Å². The van der Waals surface area contributed by atoms with E-state index < -0.39 is 0 Å².